The molecule has 10 nitrogen and oxygen atoms in total. The van der Waals surface area contributed by atoms with Crippen LogP contribution in [0, 0.1) is 10.1 Å². The van der Waals surface area contributed by atoms with E-state index in [1.165, 1.54) is 50.6 Å². The number of hydrogen-bond acceptors (Lipinski definition) is 9. The van der Waals surface area contributed by atoms with Crippen LogP contribution >= 0.6 is 11.3 Å². The third-order valence-electron chi connectivity index (χ3n) is 3.98. The third kappa shape index (κ3) is 4.23. The van der Waals surface area contributed by atoms with Gasteiger partial charge in [0, 0.05) is 23.8 Å². The first kappa shape index (κ1) is 21.2. The number of methoxy groups -OCH3 is 2. The van der Waals surface area contributed by atoms with E-state index in [1.807, 2.05) is 0 Å². The number of carbonyl (C=O) groups excluding carboxylic acids is 1. The number of nitro benzene ring substituents is 1. The standard InChI is InChI=1S/C18H15N3O7S2/c1-27-14-7-6-13(9-15(14)28-2)30(25,26)20-18-19-17(16(10-22)29-18)11-4-3-5-12(8-11)21(23)24/h3-10H,1-2H3,(H,19,20). The summed E-state index contributed by atoms with van der Waals surface area (Å²) >= 11 is 0.812. The van der Waals surface area contributed by atoms with E-state index in [2.05, 4.69) is 9.71 Å². The molecule has 0 unspecified atom stereocenters. The van der Waals surface area contributed by atoms with Crippen molar-refractivity contribution in [1.29, 1.82) is 0 Å². The highest BCUT2D eigenvalue weighted by Gasteiger charge is 2.21. The van der Waals surface area contributed by atoms with E-state index in [9.17, 15) is 23.3 Å². The number of nitrogens with one attached hydrogen (secondary N) is 1. The molecule has 1 heterocycles. The summed E-state index contributed by atoms with van der Waals surface area (Å²) in [5.41, 5.74) is 0.285. The van der Waals surface area contributed by atoms with Crippen LogP contribution in [0.3, 0.4) is 0 Å². The molecule has 0 amide bonds. The summed E-state index contributed by atoms with van der Waals surface area (Å²) in [6.45, 7) is 0. The number of non-ortho nitro benzene ring substituents is 1. The summed E-state index contributed by atoms with van der Waals surface area (Å²) in [6, 6.07) is 9.62. The minimum Gasteiger partial charge on any atom is -0.493 e. The van der Waals surface area contributed by atoms with Crippen LogP contribution in [0.2, 0.25) is 0 Å². The van der Waals surface area contributed by atoms with Crippen LogP contribution in [0.15, 0.2) is 47.4 Å². The molecule has 12 heteroatoms. The van der Waals surface area contributed by atoms with Gasteiger partial charge >= 0.3 is 0 Å². The average Bonchev–Trinajstić information content (AvgIpc) is 3.15. The number of carbonyl (C=O) groups is 1. The van der Waals surface area contributed by atoms with Crippen LogP contribution in [-0.4, -0.2) is 38.8 Å². The zero-order chi connectivity index (χ0) is 21.9. The first-order valence-electron chi connectivity index (χ1n) is 8.24. The minimum atomic E-state index is -4.05. The largest absolute Gasteiger partial charge is 0.493 e. The molecular formula is C18H15N3O7S2. The Labute approximate surface area is 175 Å². The van der Waals surface area contributed by atoms with Crippen molar-refractivity contribution < 1.29 is 27.6 Å². The number of aldehydes is 1. The smallest absolute Gasteiger partial charge is 0.270 e. The van der Waals surface area contributed by atoms with Crippen LogP contribution < -0.4 is 14.2 Å². The summed E-state index contributed by atoms with van der Waals surface area (Å²) in [5.74, 6) is 0.590. The van der Waals surface area contributed by atoms with Gasteiger partial charge in [-0.25, -0.2) is 13.4 Å². The second kappa shape index (κ2) is 8.47. The van der Waals surface area contributed by atoms with Gasteiger partial charge < -0.3 is 9.47 Å². The van der Waals surface area contributed by atoms with Crippen molar-refractivity contribution in [3.63, 3.8) is 0 Å². The molecule has 0 radical (unpaired) electrons. The molecule has 0 atom stereocenters. The number of anilines is 1. The maximum Gasteiger partial charge on any atom is 0.270 e. The Morgan fingerprint density at radius 1 is 1.13 bits per heavy atom. The lowest BCUT2D eigenvalue weighted by atomic mass is 10.1. The van der Waals surface area contributed by atoms with E-state index in [1.54, 1.807) is 6.07 Å². The predicted octanol–water partition coefficient (Wildman–Crippen LogP) is 3.35. The Kier molecular flexibility index (Phi) is 5.99. The Bertz CT molecular complexity index is 1220. The lowest BCUT2D eigenvalue weighted by Gasteiger charge is -2.10. The van der Waals surface area contributed by atoms with Crippen LogP contribution in [0.1, 0.15) is 9.67 Å². The molecule has 3 rings (SSSR count). The Balaban J connectivity index is 1.97. The number of aromatic nitrogens is 1. The summed E-state index contributed by atoms with van der Waals surface area (Å²) in [6.07, 6.45) is 0.514. The second-order valence-corrected chi connectivity index (χ2v) is 8.49. The minimum absolute atomic E-state index is 0.0617. The van der Waals surface area contributed by atoms with E-state index >= 15 is 0 Å². The highest BCUT2D eigenvalue weighted by molar-refractivity contribution is 7.93. The van der Waals surface area contributed by atoms with Gasteiger partial charge in [0.25, 0.3) is 15.7 Å². The zero-order valence-electron chi connectivity index (χ0n) is 15.7. The Morgan fingerprint density at radius 2 is 1.87 bits per heavy atom. The van der Waals surface area contributed by atoms with Gasteiger partial charge in [0.05, 0.1) is 34.6 Å². The van der Waals surface area contributed by atoms with Crippen LogP contribution in [0.5, 0.6) is 11.5 Å². The molecule has 1 aromatic heterocycles. The van der Waals surface area contributed by atoms with Crippen molar-refractivity contribution in [1.82, 2.24) is 4.98 Å². The van der Waals surface area contributed by atoms with E-state index < -0.39 is 14.9 Å². The average molecular weight is 449 g/mol. The molecule has 1 N–H and O–H groups in total. The van der Waals surface area contributed by atoms with Gasteiger partial charge in [-0.1, -0.05) is 23.5 Å². The van der Waals surface area contributed by atoms with E-state index in [0.717, 1.165) is 11.3 Å². The molecule has 156 valence electrons. The Morgan fingerprint density at radius 3 is 2.50 bits per heavy atom. The number of rotatable bonds is 8. The molecule has 0 aliphatic carbocycles. The second-order valence-electron chi connectivity index (χ2n) is 5.78. The van der Waals surface area contributed by atoms with Gasteiger partial charge in [0.1, 0.15) is 0 Å². The molecule has 0 fully saturated rings. The quantitative estimate of drug-likeness (QED) is 0.314. The number of thiazole rings is 1. The van der Waals surface area contributed by atoms with E-state index in [0.29, 0.717) is 17.6 Å². The summed E-state index contributed by atoms with van der Waals surface area (Å²) < 4.78 is 38.0. The molecule has 2 aromatic carbocycles. The molecule has 0 saturated heterocycles. The molecule has 0 aliphatic heterocycles. The fourth-order valence-corrected chi connectivity index (χ4v) is 4.64. The molecule has 3 aromatic rings. The highest BCUT2D eigenvalue weighted by atomic mass is 32.2. The van der Waals surface area contributed by atoms with Crippen molar-refractivity contribution in [2.24, 2.45) is 0 Å². The van der Waals surface area contributed by atoms with Gasteiger partial charge in [-0.3, -0.25) is 19.6 Å². The van der Waals surface area contributed by atoms with Crippen LogP contribution in [-0.2, 0) is 10.0 Å². The summed E-state index contributed by atoms with van der Waals surface area (Å²) in [7, 11) is -1.24. The van der Waals surface area contributed by atoms with Gasteiger partial charge in [-0.2, -0.15) is 0 Å². The predicted molar refractivity (Wildman–Crippen MR) is 110 cm³/mol. The number of nitro groups is 1. The monoisotopic (exact) mass is 449 g/mol. The van der Waals surface area contributed by atoms with Gasteiger partial charge in [0.2, 0.25) is 0 Å². The molecule has 30 heavy (non-hydrogen) atoms. The SMILES string of the molecule is COc1ccc(S(=O)(=O)Nc2nc(-c3cccc([N+](=O)[O-])c3)c(C=O)s2)cc1OC. The van der Waals surface area contributed by atoms with Gasteiger partial charge in [-0.15, -0.1) is 0 Å². The fraction of sp³-hybridized carbons (Fsp3) is 0.111. The van der Waals surface area contributed by atoms with Crippen molar-refractivity contribution in [2.75, 3.05) is 18.9 Å². The number of sulfonamides is 1. The number of ether oxygens (including phenoxy) is 2. The van der Waals surface area contributed by atoms with Crippen molar-refractivity contribution in [3.8, 4) is 22.8 Å². The normalized spacial score (nSPS) is 11.0. The van der Waals surface area contributed by atoms with Crippen molar-refractivity contribution in [3.05, 3.63) is 57.5 Å². The number of hydrogen-bond donors (Lipinski definition) is 1. The van der Waals surface area contributed by atoms with Gasteiger partial charge in [0.15, 0.2) is 22.9 Å². The molecule has 0 spiro atoms. The first-order chi connectivity index (χ1) is 14.3. The van der Waals surface area contributed by atoms with Crippen molar-refractivity contribution in [2.45, 2.75) is 4.90 Å². The van der Waals surface area contributed by atoms with Crippen LogP contribution in [0.4, 0.5) is 10.8 Å². The maximum atomic E-state index is 12.7. The maximum absolute atomic E-state index is 12.7. The topological polar surface area (TPSA) is 138 Å². The lowest BCUT2D eigenvalue weighted by Crippen LogP contribution is -2.13. The van der Waals surface area contributed by atoms with Crippen molar-refractivity contribution >= 4 is 38.5 Å². The zero-order valence-corrected chi connectivity index (χ0v) is 17.3. The molecule has 0 bridgehead atoms. The number of nitrogens with zero attached hydrogens (tertiary/aromatic N) is 2. The van der Waals surface area contributed by atoms with Gasteiger partial charge in [-0.05, 0) is 12.1 Å². The summed E-state index contributed by atoms with van der Waals surface area (Å²) in [5, 5.41) is 10.9. The molecule has 0 saturated carbocycles. The number of benzene rings is 2. The van der Waals surface area contributed by atoms with E-state index in [-0.39, 0.29) is 32.0 Å². The van der Waals surface area contributed by atoms with E-state index in [4.69, 9.17) is 9.47 Å². The first-order valence-corrected chi connectivity index (χ1v) is 10.5. The highest BCUT2D eigenvalue weighted by Crippen LogP contribution is 2.34. The van der Waals surface area contributed by atoms with Crippen LogP contribution in [0.25, 0.3) is 11.3 Å². The fourth-order valence-electron chi connectivity index (χ4n) is 2.59. The third-order valence-corrected chi connectivity index (χ3v) is 6.34. The summed E-state index contributed by atoms with van der Waals surface area (Å²) in [4.78, 5) is 26.1. The Hall–Kier alpha value is -3.51. The molecule has 0 aliphatic rings. The molecular weight excluding hydrogens is 434 g/mol. The lowest BCUT2D eigenvalue weighted by molar-refractivity contribution is -0.384.